The predicted molar refractivity (Wildman–Crippen MR) is 109 cm³/mol. The van der Waals surface area contributed by atoms with Gasteiger partial charge in [0.1, 0.15) is 11.2 Å². The van der Waals surface area contributed by atoms with Crippen molar-refractivity contribution in [3.8, 4) is 11.3 Å². The average molecular weight is 377 g/mol. The van der Waals surface area contributed by atoms with Crippen LogP contribution in [0, 0.1) is 0 Å². The number of carbonyl (C=O) groups is 1. The number of hydrogen-bond donors (Lipinski definition) is 2. The van der Waals surface area contributed by atoms with Crippen LogP contribution < -0.4 is 16.2 Å². The van der Waals surface area contributed by atoms with Crippen molar-refractivity contribution in [2.24, 2.45) is 7.05 Å². The van der Waals surface area contributed by atoms with Gasteiger partial charge in [0, 0.05) is 25.1 Å². The van der Waals surface area contributed by atoms with Crippen LogP contribution in [0.25, 0.3) is 22.2 Å². The van der Waals surface area contributed by atoms with E-state index >= 15 is 0 Å². The van der Waals surface area contributed by atoms with E-state index in [1.54, 1.807) is 7.05 Å². The molecule has 1 aromatic carbocycles. The molecule has 1 fully saturated rings. The first kappa shape index (κ1) is 18.2. The molecule has 0 radical (unpaired) electrons. The third-order valence-electron chi connectivity index (χ3n) is 4.93. The molecule has 0 bridgehead atoms. The molecule has 3 aromatic rings. The van der Waals surface area contributed by atoms with Gasteiger partial charge in [-0.05, 0) is 31.9 Å². The highest BCUT2D eigenvalue weighted by atomic mass is 16.2. The number of nitrogens with zero attached hydrogens (tertiary/aromatic N) is 3. The summed E-state index contributed by atoms with van der Waals surface area (Å²) in [6, 6.07) is 10.1. The quantitative estimate of drug-likeness (QED) is 0.730. The molecule has 2 aromatic heterocycles. The van der Waals surface area contributed by atoms with Crippen LogP contribution in [0.2, 0.25) is 0 Å². The maximum absolute atomic E-state index is 12.6. The summed E-state index contributed by atoms with van der Waals surface area (Å²) in [7, 11) is 1.68. The van der Waals surface area contributed by atoms with Crippen LogP contribution in [0.4, 0.5) is 5.82 Å². The monoisotopic (exact) mass is 377 g/mol. The van der Waals surface area contributed by atoms with Crippen LogP contribution in [0.5, 0.6) is 0 Å². The van der Waals surface area contributed by atoms with Crippen molar-refractivity contribution in [1.82, 2.24) is 19.9 Å². The van der Waals surface area contributed by atoms with E-state index in [1.165, 1.54) is 10.9 Å². The first-order chi connectivity index (χ1) is 13.4. The van der Waals surface area contributed by atoms with Crippen molar-refractivity contribution >= 4 is 22.6 Å². The standard InChI is InChI=1S/C21H23N5O2/c1-12(2)23-20-19-17(22-11-26(3)21(19)28)10-16(25-20)14-6-4-13(5-7-14)15-8-9-18(27)24-15/h4-7,10-12,15H,8-9H2,1-3H3,(H,23,25)(H,24,27). The Morgan fingerprint density at radius 1 is 1.21 bits per heavy atom. The van der Waals surface area contributed by atoms with Crippen LogP contribution in [0.1, 0.15) is 38.3 Å². The molecular weight excluding hydrogens is 354 g/mol. The van der Waals surface area contributed by atoms with Crippen LogP contribution in [0.15, 0.2) is 41.5 Å². The molecule has 1 aliphatic heterocycles. The molecule has 3 heterocycles. The summed E-state index contributed by atoms with van der Waals surface area (Å²) >= 11 is 0. The molecular formula is C21H23N5O2. The first-order valence-corrected chi connectivity index (χ1v) is 9.45. The van der Waals surface area contributed by atoms with Crippen molar-refractivity contribution in [1.29, 1.82) is 0 Å². The zero-order valence-corrected chi connectivity index (χ0v) is 16.2. The van der Waals surface area contributed by atoms with Gasteiger partial charge in [-0.1, -0.05) is 24.3 Å². The molecule has 1 saturated heterocycles. The van der Waals surface area contributed by atoms with Gasteiger partial charge in [-0.15, -0.1) is 0 Å². The minimum Gasteiger partial charge on any atom is -0.367 e. The van der Waals surface area contributed by atoms with Crippen LogP contribution in [-0.4, -0.2) is 26.5 Å². The Hall–Kier alpha value is -3.22. The molecule has 7 heteroatoms. The largest absolute Gasteiger partial charge is 0.367 e. The number of hydrogen-bond acceptors (Lipinski definition) is 5. The molecule has 1 aliphatic rings. The number of fused-ring (bicyclic) bond motifs is 1. The summed E-state index contributed by atoms with van der Waals surface area (Å²) in [6.07, 6.45) is 2.92. The number of rotatable bonds is 4. The Labute approximate surface area is 162 Å². The van der Waals surface area contributed by atoms with Crippen molar-refractivity contribution in [2.75, 3.05) is 5.32 Å². The van der Waals surface area contributed by atoms with Gasteiger partial charge in [-0.3, -0.25) is 9.59 Å². The Balaban J connectivity index is 1.77. The molecule has 144 valence electrons. The number of carbonyl (C=O) groups excluding carboxylic acids is 1. The summed E-state index contributed by atoms with van der Waals surface area (Å²) in [6.45, 7) is 4.01. The summed E-state index contributed by atoms with van der Waals surface area (Å²) in [5.74, 6) is 0.644. The van der Waals surface area contributed by atoms with E-state index in [-0.39, 0.29) is 23.6 Å². The second-order valence-corrected chi connectivity index (χ2v) is 7.49. The number of benzene rings is 1. The predicted octanol–water partition coefficient (Wildman–Crippen LogP) is 2.77. The van der Waals surface area contributed by atoms with E-state index < -0.39 is 0 Å². The van der Waals surface area contributed by atoms with Crippen LogP contribution >= 0.6 is 0 Å². The molecule has 1 unspecified atom stereocenters. The zero-order chi connectivity index (χ0) is 19.8. The minimum absolute atomic E-state index is 0.0777. The maximum Gasteiger partial charge on any atom is 0.264 e. The third-order valence-corrected chi connectivity index (χ3v) is 4.93. The second kappa shape index (κ2) is 7.07. The summed E-state index contributed by atoms with van der Waals surface area (Å²) < 4.78 is 1.46. The third kappa shape index (κ3) is 3.35. The lowest BCUT2D eigenvalue weighted by atomic mass is 10.0. The van der Waals surface area contributed by atoms with Gasteiger partial charge in [-0.25, -0.2) is 9.97 Å². The van der Waals surface area contributed by atoms with Gasteiger partial charge in [-0.2, -0.15) is 0 Å². The minimum atomic E-state index is -0.125. The van der Waals surface area contributed by atoms with Crippen molar-refractivity contribution < 1.29 is 4.79 Å². The highest BCUT2D eigenvalue weighted by molar-refractivity contribution is 5.91. The number of aromatic nitrogens is 3. The fourth-order valence-corrected chi connectivity index (χ4v) is 3.50. The maximum atomic E-state index is 12.6. The van der Waals surface area contributed by atoms with E-state index in [9.17, 15) is 9.59 Å². The van der Waals surface area contributed by atoms with Gasteiger partial charge >= 0.3 is 0 Å². The molecule has 1 amide bonds. The molecule has 1 atom stereocenters. The van der Waals surface area contributed by atoms with Crippen LogP contribution in [0.3, 0.4) is 0 Å². The Kier molecular flexibility index (Phi) is 4.58. The fraction of sp³-hybridized carbons (Fsp3) is 0.333. The number of amides is 1. The summed E-state index contributed by atoms with van der Waals surface area (Å²) in [5.41, 5.74) is 3.26. The average Bonchev–Trinajstić information content (AvgIpc) is 3.10. The van der Waals surface area contributed by atoms with Gasteiger partial charge in [0.15, 0.2) is 0 Å². The zero-order valence-electron chi connectivity index (χ0n) is 16.2. The van der Waals surface area contributed by atoms with Gasteiger partial charge in [0.25, 0.3) is 5.56 Å². The van der Waals surface area contributed by atoms with Gasteiger partial charge in [0.2, 0.25) is 5.91 Å². The number of aryl methyl sites for hydroxylation is 1. The molecule has 28 heavy (non-hydrogen) atoms. The number of nitrogens with one attached hydrogen (secondary N) is 2. The van der Waals surface area contributed by atoms with Crippen molar-refractivity contribution in [2.45, 2.75) is 38.8 Å². The molecule has 2 N–H and O–H groups in total. The summed E-state index contributed by atoms with van der Waals surface area (Å²) in [4.78, 5) is 33.2. The molecule has 4 rings (SSSR count). The van der Waals surface area contributed by atoms with Crippen molar-refractivity contribution in [3.63, 3.8) is 0 Å². The molecule has 0 aliphatic carbocycles. The van der Waals surface area contributed by atoms with Gasteiger partial charge < -0.3 is 15.2 Å². The van der Waals surface area contributed by atoms with Crippen LogP contribution in [-0.2, 0) is 11.8 Å². The summed E-state index contributed by atoms with van der Waals surface area (Å²) in [5, 5.41) is 6.75. The van der Waals surface area contributed by atoms with E-state index in [0.717, 1.165) is 23.2 Å². The molecule has 0 saturated carbocycles. The van der Waals surface area contributed by atoms with E-state index in [4.69, 9.17) is 4.98 Å². The number of anilines is 1. The normalized spacial score (nSPS) is 16.6. The fourth-order valence-electron chi connectivity index (χ4n) is 3.50. The Morgan fingerprint density at radius 3 is 2.61 bits per heavy atom. The van der Waals surface area contributed by atoms with E-state index in [0.29, 0.717) is 23.1 Å². The lowest BCUT2D eigenvalue weighted by molar-refractivity contribution is -0.119. The lowest BCUT2D eigenvalue weighted by Gasteiger charge is -2.14. The lowest BCUT2D eigenvalue weighted by Crippen LogP contribution is -2.21. The van der Waals surface area contributed by atoms with Crippen molar-refractivity contribution in [3.05, 3.63) is 52.6 Å². The number of pyridine rings is 1. The van der Waals surface area contributed by atoms with E-state index in [2.05, 4.69) is 15.6 Å². The van der Waals surface area contributed by atoms with E-state index in [1.807, 2.05) is 44.2 Å². The molecule has 7 nitrogen and oxygen atoms in total. The SMILES string of the molecule is CC(C)Nc1nc(-c2ccc(C3CCC(=O)N3)cc2)cc2ncn(C)c(=O)c12. The van der Waals surface area contributed by atoms with Gasteiger partial charge in [0.05, 0.1) is 23.6 Å². The molecule has 0 spiro atoms. The Bertz CT molecular complexity index is 1100. The topological polar surface area (TPSA) is 88.9 Å². The highest BCUT2D eigenvalue weighted by Crippen LogP contribution is 2.28. The smallest absolute Gasteiger partial charge is 0.264 e. The Morgan fingerprint density at radius 2 is 1.96 bits per heavy atom. The highest BCUT2D eigenvalue weighted by Gasteiger charge is 2.22. The second-order valence-electron chi connectivity index (χ2n) is 7.49. The first-order valence-electron chi connectivity index (χ1n) is 9.45.